The van der Waals surface area contributed by atoms with Crippen LogP contribution in [-0.2, 0) is 4.79 Å². The minimum atomic E-state index is -0.674. The van der Waals surface area contributed by atoms with E-state index in [0.717, 1.165) is 19.3 Å². The maximum absolute atomic E-state index is 10.4. The molecule has 0 aromatic rings. The predicted octanol–water partition coefficient (Wildman–Crippen LogP) is 9.23. The summed E-state index contributed by atoms with van der Waals surface area (Å²) in [4.78, 5) is 10.4. The zero-order valence-corrected chi connectivity index (χ0v) is 19.1. The number of carboxylic acids is 1. The molecule has 0 atom stereocenters. The molecule has 0 aliphatic carbocycles. The van der Waals surface area contributed by atoms with Gasteiger partial charge in [0.1, 0.15) is 0 Å². The first-order chi connectivity index (χ1) is 13.8. The normalized spacial score (nSPS) is 11.5. The molecule has 0 unspecified atom stereocenters. The Kier molecular flexibility index (Phi) is 23.6. The van der Waals surface area contributed by atoms with Gasteiger partial charge in [-0.15, -0.1) is 0 Å². The van der Waals surface area contributed by atoms with Crippen molar-refractivity contribution < 1.29 is 9.90 Å². The van der Waals surface area contributed by atoms with Crippen molar-refractivity contribution in [1.82, 2.24) is 0 Å². The second kappa shape index (κ2) is 24.2. The number of unbranched alkanes of at least 4 members (excludes halogenated alkanes) is 19. The third-order valence-corrected chi connectivity index (χ3v) is 5.65. The van der Waals surface area contributed by atoms with Crippen LogP contribution >= 0.6 is 0 Å². The van der Waals surface area contributed by atoms with Gasteiger partial charge in [-0.1, -0.05) is 122 Å². The Morgan fingerprint density at radius 1 is 0.536 bits per heavy atom. The summed E-state index contributed by atoms with van der Waals surface area (Å²) < 4.78 is 0. The molecule has 166 valence electrons. The Balaban J connectivity index is 3.05. The minimum Gasteiger partial charge on any atom is -0.481 e. The lowest BCUT2D eigenvalue weighted by molar-refractivity contribution is -0.137. The van der Waals surface area contributed by atoms with Crippen LogP contribution in [0.2, 0.25) is 0 Å². The Labute approximate surface area is 176 Å². The molecular weight excluding hydrogens is 344 g/mol. The first-order valence-corrected chi connectivity index (χ1v) is 12.6. The number of rotatable bonds is 23. The zero-order valence-electron chi connectivity index (χ0n) is 19.1. The standard InChI is InChI=1S/C26H50O2/c1-2-3-4-5-6-7-8-9-10-11-12-13-14-15-16-17-18-19-20-21-22-23-24-25-26(27)28/h20-21H,2-19,22-25H2,1H3,(H,27,28). The van der Waals surface area contributed by atoms with Gasteiger partial charge in [-0.2, -0.15) is 0 Å². The fraction of sp³-hybridized carbons (Fsp3) is 0.885. The zero-order chi connectivity index (χ0) is 20.5. The second-order valence-corrected chi connectivity index (χ2v) is 8.56. The van der Waals surface area contributed by atoms with E-state index >= 15 is 0 Å². The van der Waals surface area contributed by atoms with Gasteiger partial charge in [-0.05, 0) is 32.1 Å². The van der Waals surface area contributed by atoms with Crippen molar-refractivity contribution >= 4 is 5.97 Å². The molecule has 0 rings (SSSR count). The Morgan fingerprint density at radius 2 is 0.857 bits per heavy atom. The molecule has 0 fully saturated rings. The quantitative estimate of drug-likeness (QED) is 0.138. The molecular formula is C26H50O2. The summed E-state index contributed by atoms with van der Waals surface area (Å²) in [5, 5.41) is 8.57. The van der Waals surface area contributed by atoms with Gasteiger partial charge in [-0.25, -0.2) is 0 Å². The van der Waals surface area contributed by atoms with Gasteiger partial charge in [0.25, 0.3) is 0 Å². The van der Waals surface area contributed by atoms with Gasteiger partial charge >= 0.3 is 5.97 Å². The van der Waals surface area contributed by atoms with Crippen molar-refractivity contribution in [2.45, 2.75) is 148 Å². The first-order valence-electron chi connectivity index (χ1n) is 12.6. The lowest BCUT2D eigenvalue weighted by atomic mass is 10.0. The van der Waals surface area contributed by atoms with E-state index in [0.29, 0.717) is 6.42 Å². The molecule has 0 bridgehead atoms. The summed E-state index contributed by atoms with van der Waals surface area (Å²) in [6.45, 7) is 2.29. The van der Waals surface area contributed by atoms with E-state index in [1.54, 1.807) is 0 Å². The van der Waals surface area contributed by atoms with Gasteiger partial charge in [0.05, 0.1) is 0 Å². The molecule has 0 saturated carbocycles. The Bertz CT molecular complexity index is 335. The van der Waals surface area contributed by atoms with Crippen LogP contribution in [0, 0.1) is 0 Å². The van der Waals surface area contributed by atoms with Crippen LogP contribution in [0.25, 0.3) is 0 Å². The summed E-state index contributed by atoms with van der Waals surface area (Å²) in [5.74, 6) is -0.674. The van der Waals surface area contributed by atoms with E-state index in [1.807, 2.05) is 0 Å². The van der Waals surface area contributed by atoms with E-state index in [1.165, 1.54) is 116 Å². The highest BCUT2D eigenvalue weighted by Gasteiger charge is 1.95. The third kappa shape index (κ3) is 25.2. The molecule has 0 spiro atoms. The number of hydrogen-bond donors (Lipinski definition) is 1. The summed E-state index contributed by atoms with van der Waals surface area (Å²) in [6.07, 6.45) is 33.1. The molecule has 0 aromatic heterocycles. The molecule has 2 heteroatoms. The fourth-order valence-corrected chi connectivity index (χ4v) is 3.76. The maximum atomic E-state index is 10.4. The third-order valence-electron chi connectivity index (χ3n) is 5.65. The molecule has 0 aliphatic rings. The molecule has 28 heavy (non-hydrogen) atoms. The number of hydrogen-bond acceptors (Lipinski definition) is 1. The smallest absolute Gasteiger partial charge is 0.303 e. The fourth-order valence-electron chi connectivity index (χ4n) is 3.76. The molecule has 0 radical (unpaired) electrons. The highest BCUT2D eigenvalue weighted by Crippen LogP contribution is 2.14. The van der Waals surface area contributed by atoms with E-state index in [-0.39, 0.29) is 0 Å². The average Bonchev–Trinajstić information content (AvgIpc) is 2.68. The largest absolute Gasteiger partial charge is 0.481 e. The molecule has 2 nitrogen and oxygen atoms in total. The molecule has 0 saturated heterocycles. The van der Waals surface area contributed by atoms with Crippen LogP contribution < -0.4 is 0 Å². The minimum absolute atomic E-state index is 0.313. The Morgan fingerprint density at radius 3 is 1.21 bits per heavy atom. The lowest BCUT2D eigenvalue weighted by Gasteiger charge is -2.03. The van der Waals surface area contributed by atoms with Gasteiger partial charge < -0.3 is 5.11 Å². The molecule has 1 N–H and O–H groups in total. The highest BCUT2D eigenvalue weighted by atomic mass is 16.4. The van der Waals surface area contributed by atoms with E-state index < -0.39 is 5.97 Å². The van der Waals surface area contributed by atoms with Crippen LogP contribution in [0.3, 0.4) is 0 Å². The SMILES string of the molecule is CCCCCCCCCCCCCCCCCCCC=CCCCCC(=O)O. The van der Waals surface area contributed by atoms with Crippen molar-refractivity contribution in [2.24, 2.45) is 0 Å². The maximum Gasteiger partial charge on any atom is 0.303 e. The van der Waals surface area contributed by atoms with Gasteiger partial charge in [0.2, 0.25) is 0 Å². The lowest BCUT2D eigenvalue weighted by Crippen LogP contribution is -1.92. The van der Waals surface area contributed by atoms with Crippen molar-refractivity contribution in [3.05, 3.63) is 12.2 Å². The number of allylic oxidation sites excluding steroid dienone is 2. The van der Waals surface area contributed by atoms with Crippen LogP contribution in [0.4, 0.5) is 0 Å². The van der Waals surface area contributed by atoms with Gasteiger partial charge in [0.15, 0.2) is 0 Å². The van der Waals surface area contributed by atoms with Gasteiger partial charge in [0, 0.05) is 6.42 Å². The van der Waals surface area contributed by atoms with E-state index in [2.05, 4.69) is 19.1 Å². The van der Waals surface area contributed by atoms with Crippen molar-refractivity contribution in [3.63, 3.8) is 0 Å². The first kappa shape index (κ1) is 27.2. The van der Waals surface area contributed by atoms with Crippen molar-refractivity contribution in [3.8, 4) is 0 Å². The van der Waals surface area contributed by atoms with E-state index in [4.69, 9.17) is 5.11 Å². The monoisotopic (exact) mass is 394 g/mol. The number of carbonyl (C=O) groups is 1. The van der Waals surface area contributed by atoms with Crippen LogP contribution in [0.1, 0.15) is 148 Å². The van der Waals surface area contributed by atoms with Gasteiger partial charge in [-0.3, -0.25) is 4.79 Å². The molecule has 0 amide bonds. The van der Waals surface area contributed by atoms with Crippen LogP contribution in [0.15, 0.2) is 12.2 Å². The van der Waals surface area contributed by atoms with E-state index in [9.17, 15) is 4.79 Å². The Hall–Kier alpha value is -0.790. The van der Waals surface area contributed by atoms with Crippen LogP contribution in [-0.4, -0.2) is 11.1 Å². The molecule has 0 aromatic carbocycles. The summed E-state index contributed by atoms with van der Waals surface area (Å²) in [6, 6.07) is 0. The summed E-state index contributed by atoms with van der Waals surface area (Å²) in [7, 11) is 0. The molecule has 0 heterocycles. The molecule has 0 aliphatic heterocycles. The number of aliphatic carboxylic acids is 1. The van der Waals surface area contributed by atoms with Crippen molar-refractivity contribution in [1.29, 1.82) is 0 Å². The average molecular weight is 395 g/mol. The summed E-state index contributed by atoms with van der Waals surface area (Å²) >= 11 is 0. The van der Waals surface area contributed by atoms with Crippen molar-refractivity contribution in [2.75, 3.05) is 0 Å². The topological polar surface area (TPSA) is 37.3 Å². The number of carboxylic acid groups (broad SMARTS) is 1. The summed E-state index contributed by atoms with van der Waals surface area (Å²) in [5.41, 5.74) is 0. The highest BCUT2D eigenvalue weighted by molar-refractivity contribution is 5.66. The van der Waals surface area contributed by atoms with Crippen LogP contribution in [0.5, 0.6) is 0 Å². The second-order valence-electron chi connectivity index (χ2n) is 8.56. The predicted molar refractivity (Wildman–Crippen MR) is 124 cm³/mol.